The Bertz CT molecular complexity index is 403. The minimum absolute atomic E-state index is 0.286. The second-order valence-electron chi connectivity index (χ2n) is 4.21. The molecular weight excluding hydrogens is 250 g/mol. The van der Waals surface area contributed by atoms with Gasteiger partial charge in [-0.25, -0.2) is 9.97 Å². The molecule has 100 valence electrons. The van der Waals surface area contributed by atoms with Crippen molar-refractivity contribution in [1.82, 2.24) is 9.97 Å². The summed E-state index contributed by atoms with van der Waals surface area (Å²) >= 11 is 1.76. The van der Waals surface area contributed by atoms with E-state index in [0.29, 0.717) is 17.7 Å². The van der Waals surface area contributed by atoms with Crippen LogP contribution in [0.15, 0.2) is 11.1 Å². The van der Waals surface area contributed by atoms with Crippen molar-refractivity contribution in [2.45, 2.75) is 36.3 Å². The molecule has 2 rings (SSSR count). The van der Waals surface area contributed by atoms with Crippen LogP contribution in [0.25, 0.3) is 0 Å². The van der Waals surface area contributed by atoms with Crippen LogP contribution in [0.2, 0.25) is 0 Å². The largest absolute Gasteiger partial charge is 0.377 e. The average molecular weight is 269 g/mol. The van der Waals surface area contributed by atoms with E-state index in [4.69, 9.17) is 9.47 Å². The molecule has 0 amide bonds. The summed E-state index contributed by atoms with van der Waals surface area (Å²) in [4.78, 5) is 8.84. The van der Waals surface area contributed by atoms with E-state index in [1.54, 1.807) is 18.9 Å². The molecule has 18 heavy (non-hydrogen) atoms. The number of anilines is 1. The first-order chi connectivity index (χ1) is 8.72. The van der Waals surface area contributed by atoms with E-state index in [-0.39, 0.29) is 6.10 Å². The van der Waals surface area contributed by atoms with Gasteiger partial charge < -0.3 is 14.8 Å². The van der Waals surface area contributed by atoms with Gasteiger partial charge in [0, 0.05) is 32.1 Å². The summed E-state index contributed by atoms with van der Waals surface area (Å²) in [5.74, 6) is 1.53. The molecule has 1 aliphatic heterocycles. The average Bonchev–Trinajstić information content (AvgIpc) is 2.75. The number of nitrogens with zero attached hydrogens (tertiary/aromatic N) is 2. The number of methoxy groups -OCH3 is 1. The maximum absolute atomic E-state index is 5.57. The fourth-order valence-corrected chi connectivity index (χ4v) is 3.01. The SMILES string of the molecule is CNc1cc(SC2CCOC2C)nc(COC)n1. The molecule has 1 saturated heterocycles. The Hall–Kier alpha value is -0.850. The van der Waals surface area contributed by atoms with Crippen molar-refractivity contribution in [3.63, 3.8) is 0 Å². The highest BCUT2D eigenvalue weighted by molar-refractivity contribution is 7.99. The number of rotatable bonds is 5. The topological polar surface area (TPSA) is 56.3 Å². The van der Waals surface area contributed by atoms with Crippen LogP contribution < -0.4 is 5.32 Å². The Morgan fingerprint density at radius 2 is 2.39 bits per heavy atom. The third-order valence-electron chi connectivity index (χ3n) is 2.86. The lowest BCUT2D eigenvalue weighted by Crippen LogP contribution is -2.14. The Kier molecular flexibility index (Phi) is 4.79. The molecule has 1 aliphatic rings. The van der Waals surface area contributed by atoms with Crippen LogP contribution in [-0.4, -0.2) is 42.1 Å². The summed E-state index contributed by atoms with van der Waals surface area (Å²) in [5, 5.41) is 4.50. The van der Waals surface area contributed by atoms with E-state index in [1.807, 2.05) is 13.1 Å². The first kappa shape index (κ1) is 13.6. The fourth-order valence-electron chi connectivity index (χ4n) is 1.88. The number of hydrogen-bond acceptors (Lipinski definition) is 6. The number of thioether (sulfide) groups is 1. The Morgan fingerprint density at radius 1 is 1.56 bits per heavy atom. The van der Waals surface area contributed by atoms with E-state index < -0.39 is 0 Å². The molecule has 0 aromatic carbocycles. The minimum Gasteiger partial charge on any atom is -0.377 e. The van der Waals surface area contributed by atoms with Gasteiger partial charge in [0.25, 0.3) is 0 Å². The lowest BCUT2D eigenvalue weighted by molar-refractivity contribution is 0.127. The van der Waals surface area contributed by atoms with Crippen LogP contribution >= 0.6 is 11.8 Å². The monoisotopic (exact) mass is 269 g/mol. The van der Waals surface area contributed by atoms with Gasteiger partial charge in [0.2, 0.25) is 0 Å². The molecule has 1 fully saturated rings. The van der Waals surface area contributed by atoms with Gasteiger partial charge in [-0.2, -0.15) is 0 Å². The standard InChI is InChI=1S/C12H19N3O2S/c1-8-9(4-5-17-8)18-12-6-10(13-2)14-11(15-12)7-16-3/h6,8-9H,4-5,7H2,1-3H3,(H,13,14,15). The Morgan fingerprint density at radius 3 is 3.00 bits per heavy atom. The molecule has 6 heteroatoms. The quantitative estimate of drug-likeness (QED) is 0.824. The summed E-state index contributed by atoms with van der Waals surface area (Å²) in [6.45, 7) is 3.38. The summed E-state index contributed by atoms with van der Waals surface area (Å²) < 4.78 is 10.7. The van der Waals surface area contributed by atoms with Gasteiger partial charge in [0.15, 0.2) is 5.82 Å². The molecule has 0 spiro atoms. The molecule has 0 aliphatic carbocycles. The van der Waals surface area contributed by atoms with Gasteiger partial charge in [-0.3, -0.25) is 0 Å². The molecule has 1 aromatic heterocycles. The van der Waals surface area contributed by atoms with Crippen LogP contribution in [0.4, 0.5) is 5.82 Å². The first-order valence-corrected chi connectivity index (χ1v) is 6.94. The lowest BCUT2D eigenvalue weighted by atomic mass is 10.3. The molecule has 1 aromatic rings. The number of aromatic nitrogens is 2. The minimum atomic E-state index is 0.286. The number of ether oxygens (including phenoxy) is 2. The first-order valence-electron chi connectivity index (χ1n) is 6.06. The number of hydrogen-bond donors (Lipinski definition) is 1. The Labute approximate surface area is 112 Å². The summed E-state index contributed by atoms with van der Waals surface area (Å²) in [6, 6.07) is 1.97. The molecule has 1 N–H and O–H groups in total. The van der Waals surface area contributed by atoms with Crippen molar-refractivity contribution in [3.05, 3.63) is 11.9 Å². The highest BCUT2D eigenvalue weighted by atomic mass is 32.2. The second kappa shape index (κ2) is 6.36. The van der Waals surface area contributed by atoms with Crippen molar-refractivity contribution >= 4 is 17.6 Å². The van der Waals surface area contributed by atoms with Gasteiger partial charge >= 0.3 is 0 Å². The maximum atomic E-state index is 5.57. The lowest BCUT2D eigenvalue weighted by Gasteiger charge is -2.14. The van der Waals surface area contributed by atoms with Gasteiger partial charge in [-0.05, 0) is 13.3 Å². The predicted molar refractivity (Wildman–Crippen MR) is 72.0 cm³/mol. The summed E-state index contributed by atoms with van der Waals surface area (Å²) in [7, 11) is 3.50. The highest BCUT2D eigenvalue weighted by Crippen LogP contribution is 2.32. The number of nitrogens with one attached hydrogen (secondary N) is 1. The molecule has 0 radical (unpaired) electrons. The third-order valence-corrected chi connectivity index (χ3v) is 4.23. The third kappa shape index (κ3) is 3.34. The van der Waals surface area contributed by atoms with E-state index in [9.17, 15) is 0 Å². The molecule has 2 unspecified atom stereocenters. The molecule has 0 saturated carbocycles. The van der Waals surface area contributed by atoms with E-state index >= 15 is 0 Å². The van der Waals surface area contributed by atoms with Gasteiger partial charge in [-0.15, -0.1) is 11.8 Å². The van der Waals surface area contributed by atoms with Crippen LogP contribution in [0.5, 0.6) is 0 Å². The molecule has 2 atom stereocenters. The van der Waals surface area contributed by atoms with E-state index in [1.165, 1.54) is 0 Å². The van der Waals surface area contributed by atoms with Crippen LogP contribution in [-0.2, 0) is 16.1 Å². The zero-order valence-electron chi connectivity index (χ0n) is 11.0. The van der Waals surface area contributed by atoms with Crippen LogP contribution in [0, 0.1) is 0 Å². The molecule has 5 nitrogen and oxygen atoms in total. The smallest absolute Gasteiger partial charge is 0.157 e. The van der Waals surface area contributed by atoms with Gasteiger partial charge in [0.1, 0.15) is 17.5 Å². The van der Waals surface area contributed by atoms with Crippen LogP contribution in [0.1, 0.15) is 19.2 Å². The fraction of sp³-hybridized carbons (Fsp3) is 0.667. The van der Waals surface area contributed by atoms with Crippen molar-refractivity contribution in [2.24, 2.45) is 0 Å². The van der Waals surface area contributed by atoms with Crippen molar-refractivity contribution in [1.29, 1.82) is 0 Å². The van der Waals surface area contributed by atoms with Crippen LogP contribution in [0.3, 0.4) is 0 Å². The van der Waals surface area contributed by atoms with Crippen molar-refractivity contribution in [2.75, 3.05) is 26.1 Å². The van der Waals surface area contributed by atoms with Gasteiger partial charge in [0.05, 0.1) is 6.10 Å². The molecule has 2 heterocycles. The maximum Gasteiger partial charge on any atom is 0.157 e. The zero-order chi connectivity index (χ0) is 13.0. The summed E-state index contributed by atoms with van der Waals surface area (Å²) in [6.07, 6.45) is 1.36. The normalized spacial score (nSPS) is 23.3. The van der Waals surface area contributed by atoms with E-state index in [2.05, 4.69) is 22.2 Å². The highest BCUT2D eigenvalue weighted by Gasteiger charge is 2.25. The Balaban J connectivity index is 2.12. The molecule has 0 bridgehead atoms. The van der Waals surface area contributed by atoms with Gasteiger partial charge in [-0.1, -0.05) is 0 Å². The second-order valence-corrected chi connectivity index (χ2v) is 5.47. The summed E-state index contributed by atoms with van der Waals surface area (Å²) in [5.41, 5.74) is 0. The van der Waals surface area contributed by atoms with E-state index in [0.717, 1.165) is 23.9 Å². The predicted octanol–water partition coefficient (Wildman–Crippen LogP) is 1.93. The van der Waals surface area contributed by atoms with Crippen molar-refractivity contribution in [3.8, 4) is 0 Å². The zero-order valence-corrected chi connectivity index (χ0v) is 11.8. The molecular formula is C12H19N3O2S. The van der Waals surface area contributed by atoms with Crippen molar-refractivity contribution < 1.29 is 9.47 Å².